The summed E-state index contributed by atoms with van der Waals surface area (Å²) in [5.41, 5.74) is -1.01. The molecule has 1 aromatic carbocycles. The van der Waals surface area contributed by atoms with Gasteiger partial charge in [0.2, 0.25) is 0 Å². The van der Waals surface area contributed by atoms with Gasteiger partial charge in [-0.15, -0.1) is 0 Å². The zero-order chi connectivity index (χ0) is 12.0. The summed E-state index contributed by atoms with van der Waals surface area (Å²) in [6.07, 6.45) is 2.62. The molecule has 2 fully saturated rings. The number of rotatable bonds is 1. The Morgan fingerprint density at radius 2 is 1.82 bits per heavy atom. The van der Waals surface area contributed by atoms with Crippen molar-refractivity contribution in [2.75, 3.05) is 0 Å². The van der Waals surface area contributed by atoms with Gasteiger partial charge >= 0.3 is 0 Å². The van der Waals surface area contributed by atoms with Gasteiger partial charge in [0.25, 0.3) is 0 Å². The standard InChI is InChI=1S/C13H14F2O2/c14-8-1-4-11(12(15)5-8)13(16)6-9-2-3-10(7-13)17-9/h1,4-5,9-10,16H,2-3,6-7H2. The molecule has 1 N–H and O–H groups in total. The average Bonchev–Trinajstić information content (AvgIpc) is 2.58. The maximum absolute atomic E-state index is 13.7. The Hall–Kier alpha value is -1.00. The molecule has 2 aliphatic rings. The largest absolute Gasteiger partial charge is 0.385 e. The number of ether oxygens (including phenoxy) is 1. The van der Waals surface area contributed by atoms with Gasteiger partial charge in [-0.3, -0.25) is 0 Å². The van der Waals surface area contributed by atoms with Crippen molar-refractivity contribution in [3.63, 3.8) is 0 Å². The van der Waals surface area contributed by atoms with E-state index in [1.807, 2.05) is 0 Å². The first-order chi connectivity index (χ1) is 8.07. The van der Waals surface area contributed by atoms with Crippen LogP contribution in [0.3, 0.4) is 0 Å². The summed E-state index contributed by atoms with van der Waals surface area (Å²) in [5, 5.41) is 10.6. The molecule has 0 saturated carbocycles. The fourth-order valence-electron chi connectivity index (χ4n) is 3.00. The molecule has 0 amide bonds. The Bertz CT molecular complexity index is 435. The summed E-state index contributed by atoms with van der Waals surface area (Å²) in [6.45, 7) is 0. The second kappa shape index (κ2) is 3.75. The number of hydrogen-bond acceptors (Lipinski definition) is 2. The topological polar surface area (TPSA) is 29.5 Å². The summed E-state index contributed by atoms with van der Waals surface area (Å²) in [6, 6.07) is 3.36. The third kappa shape index (κ3) is 1.85. The molecule has 0 aromatic heterocycles. The Labute approximate surface area is 98.2 Å². The predicted octanol–water partition coefficient (Wildman–Crippen LogP) is 2.49. The Kier molecular flexibility index (Phi) is 2.45. The van der Waals surface area contributed by atoms with Crippen LogP contribution >= 0.6 is 0 Å². The average molecular weight is 240 g/mol. The molecule has 2 unspecified atom stereocenters. The van der Waals surface area contributed by atoms with Crippen molar-refractivity contribution in [1.82, 2.24) is 0 Å². The molecule has 17 heavy (non-hydrogen) atoms. The van der Waals surface area contributed by atoms with Crippen LogP contribution in [-0.2, 0) is 10.3 Å². The van der Waals surface area contributed by atoms with Gasteiger partial charge in [0.15, 0.2) is 0 Å². The first-order valence-electron chi connectivity index (χ1n) is 5.90. The Morgan fingerprint density at radius 1 is 1.18 bits per heavy atom. The number of hydrogen-bond donors (Lipinski definition) is 1. The van der Waals surface area contributed by atoms with Crippen molar-refractivity contribution in [2.45, 2.75) is 43.5 Å². The predicted molar refractivity (Wildman–Crippen MR) is 57.4 cm³/mol. The lowest BCUT2D eigenvalue weighted by atomic mass is 9.83. The van der Waals surface area contributed by atoms with Crippen LogP contribution in [-0.4, -0.2) is 17.3 Å². The van der Waals surface area contributed by atoms with E-state index in [0.717, 1.165) is 18.9 Å². The minimum Gasteiger partial charge on any atom is -0.385 e. The highest BCUT2D eigenvalue weighted by atomic mass is 19.1. The van der Waals surface area contributed by atoms with Crippen molar-refractivity contribution in [3.05, 3.63) is 35.4 Å². The highest BCUT2D eigenvalue weighted by molar-refractivity contribution is 5.26. The summed E-state index contributed by atoms with van der Waals surface area (Å²) in [5.74, 6) is -1.29. The number of halogens is 2. The van der Waals surface area contributed by atoms with Gasteiger partial charge in [0.1, 0.15) is 11.6 Å². The molecule has 2 nitrogen and oxygen atoms in total. The van der Waals surface area contributed by atoms with Gasteiger partial charge in [0, 0.05) is 24.5 Å². The zero-order valence-electron chi connectivity index (χ0n) is 9.33. The first kappa shape index (κ1) is 11.1. The van der Waals surface area contributed by atoms with Crippen LogP contribution in [0, 0.1) is 11.6 Å². The van der Waals surface area contributed by atoms with Crippen LogP contribution in [0.4, 0.5) is 8.78 Å². The van der Waals surface area contributed by atoms with Gasteiger partial charge in [-0.2, -0.15) is 0 Å². The minimum absolute atomic E-state index is 0.00297. The molecule has 2 saturated heterocycles. The zero-order valence-corrected chi connectivity index (χ0v) is 9.33. The van der Waals surface area contributed by atoms with Crippen LogP contribution in [0.5, 0.6) is 0 Å². The van der Waals surface area contributed by atoms with Gasteiger partial charge < -0.3 is 9.84 Å². The van der Waals surface area contributed by atoms with Crippen LogP contribution in [0.2, 0.25) is 0 Å². The molecule has 1 aromatic rings. The molecule has 4 heteroatoms. The molecule has 0 radical (unpaired) electrons. The van der Waals surface area contributed by atoms with Gasteiger partial charge in [-0.1, -0.05) is 6.07 Å². The lowest BCUT2D eigenvalue weighted by molar-refractivity contribution is -0.116. The van der Waals surface area contributed by atoms with Crippen LogP contribution in [0.15, 0.2) is 18.2 Å². The van der Waals surface area contributed by atoms with Crippen molar-refractivity contribution in [1.29, 1.82) is 0 Å². The van der Waals surface area contributed by atoms with Crippen LogP contribution < -0.4 is 0 Å². The first-order valence-corrected chi connectivity index (χ1v) is 5.90. The maximum atomic E-state index is 13.7. The fraction of sp³-hybridized carbons (Fsp3) is 0.538. The SMILES string of the molecule is OC1(c2ccc(F)cc2F)CC2CCC(C1)O2. The van der Waals surface area contributed by atoms with Crippen molar-refractivity contribution in [2.24, 2.45) is 0 Å². The second-order valence-corrected chi connectivity index (χ2v) is 5.02. The van der Waals surface area contributed by atoms with Crippen molar-refractivity contribution >= 4 is 0 Å². The second-order valence-electron chi connectivity index (χ2n) is 5.02. The van der Waals surface area contributed by atoms with E-state index in [0.29, 0.717) is 12.8 Å². The molecule has 2 aliphatic heterocycles. The highest BCUT2D eigenvalue weighted by Gasteiger charge is 2.45. The molecule has 2 atom stereocenters. The molecule has 2 heterocycles. The Morgan fingerprint density at radius 3 is 2.41 bits per heavy atom. The smallest absolute Gasteiger partial charge is 0.132 e. The van der Waals surface area contributed by atoms with Crippen molar-refractivity contribution < 1.29 is 18.6 Å². The molecule has 0 spiro atoms. The fourth-order valence-corrected chi connectivity index (χ4v) is 3.00. The van der Waals surface area contributed by atoms with E-state index >= 15 is 0 Å². The lowest BCUT2D eigenvalue weighted by Gasteiger charge is -2.36. The third-order valence-electron chi connectivity index (χ3n) is 3.76. The van der Waals surface area contributed by atoms with E-state index in [4.69, 9.17) is 4.74 Å². The summed E-state index contributed by atoms with van der Waals surface area (Å²) in [7, 11) is 0. The quantitative estimate of drug-likeness (QED) is 0.817. The molecular formula is C13H14F2O2. The van der Waals surface area contributed by atoms with E-state index in [9.17, 15) is 13.9 Å². The number of benzene rings is 1. The van der Waals surface area contributed by atoms with Gasteiger partial charge in [0.05, 0.1) is 17.8 Å². The summed E-state index contributed by atoms with van der Waals surface area (Å²) in [4.78, 5) is 0. The summed E-state index contributed by atoms with van der Waals surface area (Å²) < 4.78 is 32.2. The van der Waals surface area contributed by atoms with Crippen LogP contribution in [0.25, 0.3) is 0 Å². The van der Waals surface area contributed by atoms with E-state index < -0.39 is 17.2 Å². The number of aliphatic hydroxyl groups is 1. The van der Waals surface area contributed by atoms with Crippen molar-refractivity contribution in [3.8, 4) is 0 Å². The molecule has 2 bridgehead atoms. The molecule has 3 rings (SSSR count). The minimum atomic E-state index is -1.21. The maximum Gasteiger partial charge on any atom is 0.132 e. The van der Waals surface area contributed by atoms with E-state index in [-0.39, 0.29) is 17.8 Å². The molecule has 0 aliphatic carbocycles. The molecule has 92 valence electrons. The third-order valence-corrected chi connectivity index (χ3v) is 3.76. The van der Waals surface area contributed by atoms with E-state index in [2.05, 4.69) is 0 Å². The van der Waals surface area contributed by atoms with E-state index in [1.54, 1.807) is 0 Å². The monoisotopic (exact) mass is 240 g/mol. The van der Waals surface area contributed by atoms with Gasteiger partial charge in [-0.25, -0.2) is 8.78 Å². The van der Waals surface area contributed by atoms with Crippen LogP contribution in [0.1, 0.15) is 31.2 Å². The Balaban J connectivity index is 1.97. The number of fused-ring (bicyclic) bond motifs is 2. The highest BCUT2D eigenvalue weighted by Crippen LogP contribution is 2.44. The van der Waals surface area contributed by atoms with Gasteiger partial charge in [-0.05, 0) is 18.9 Å². The summed E-state index contributed by atoms with van der Waals surface area (Å²) >= 11 is 0. The molecular weight excluding hydrogens is 226 g/mol. The lowest BCUT2D eigenvalue weighted by Crippen LogP contribution is -2.39. The normalized spacial score (nSPS) is 36.2. The van der Waals surface area contributed by atoms with E-state index in [1.165, 1.54) is 12.1 Å².